The molecule has 1 heterocycles. The molecule has 0 saturated heterocycles. The van der Waals surface area contributed by atoms with Gasteiger partial charge < -0.3 is 9.15 Å². The van der Waals surface area contributed by atoms with Gasteiger partial charge in [-0.3, -0.25) is 0 Å². The largest absolute Gasteiger partial charge is 0.450 e. The third kappa shape index (κ3) is 1.64. The summed E-state index contributed by atoms with van der Waals surface area (Å²) in [5.74, 6) is 0.358. The molecular formula is C6H8ClNO2. The van der Waals surface area contributed by atoms with Crippen LogP contribution in [0.1, 0.15) is 12.6 Å². The normalized spacial score (nSPS) is 9.80. The maximum atomic E-state index is 5.46. The van der Waals surface area contributed by atoms with Crippen LogP contribution >= 0.6 is 11.6 Å². The summed E-state index contributed by atoms with van der Waals surface area (Å²) in [6, 6.07) is 0. The minimum absolute atomic E-state index is 0.290. The Kier molecular flexibility index (Phi) is 2.57. The van der Waals surface area contributed by atoms with Crippen molar-refractivity contribution in [1.29, 1.82) is 0 Å². The molecule has 0 aliphatic carbocycles. The van der Waals surface area contributed by atoms with E-state index < -0.39 is 0 Å². The molecule has 3 nitrogen and oxygen atoms in total. The minimum Gasteiger partial charge on any atom is -0.450 e. The van der Waals surface area contributed by atoms with E-state index in [9.17, 15) is 0 Å². The number of hydrogen-bond acceptors (Lipinski definition) is 3. The Bertz CT molecular complexity index is 199. The fourth-order valence-corrected chi connectivity index (χ4v) is 0.662. The molecule has 0 amide bonds. The van der Waals surface area contributed by atoms with Gasteiger partial charge in [0.15, 0.2) is 0 Å². The Labute approximate surface area is 64.0 Å². The molecule has 0 atom stereocenters. The van der Waals surface area contributed by atoms with Crippen molar-refractivity contribution < 1.29 is 9.15 Å². The van der Waals surface area contributed by atoms with Crippen molar-refractivity contribution in [2.24, 2.45) is 0 Å². The Balaban J connectivity index is 2.59. The van der Waals surface area contributed by atoms with Gasteiger partial charge in [-0.1, -0.05) is 0 Å². The zero-order valence-corrected chi connectivity index (χ0v) is 6.39. The first-order valence-electron chi connectivity index (χ1n) is 3.00. The van der Waals surface area contributed by atoms with Crippen molar-refractivity contribution in [3.8, 4) is 6.08 Å². The molecule has 1 aromatic rings. The first-order valence-corrected chi connectivity index (χ1v) is 3.53. The summed E-state index contributed by atoms with van der Waals surface area (Å²) in [7, 11) is 0. The van der Waals surface area contributed by atoms with Crippen molar-refractivity contribution in [1.82, 2.24) is 4.98 Å². The topological polar surface area (TPSA) is 35.3 Å². The monoisotopic (exact) mass is 161 g/mol. The van der Waals surface area contributed by atoms with Crippen LogP contribution < -0.4 is 4.74 Å². The Hall–Kier alpha value is -0.700. The highest BCUT2D eigenvalue weighted by molar-refractivity contribution is 6.16. The molecule has 0 aromatic carbocycles. The van der Waals surface area contributed by atoms with Crippen LogP contribution in [0.2, 0.25) is 0 Å². The van der Waals surface area contributed by atoms with E-state index in [1.165, 1.54) is 6.26 Å². The Morgan fingerprint density at radius 1 is 1.80 bits per heavy atom. The van der Waals surface area contributed by atoms with Gasteiger partial charge in [0.25, 0.3) is 0 Å². The smallest absolute Gasteiger partial charge is 0.393 e. The summed E-state index contributed by atoms with van der Waals surface area (Å²) in [5, 5.41) is 0. The van der Waals surface area contributed by atoms with Gasteiger partial charge in [0.1, 0.15) is 6.26 Å². The molecule has 56 valence electrons. The third-order valence-corrected chi connectivity index (χ3v) is 1.21. The second kappa shape index (κ2) is 3.46. The van der Waals surface area contributed by atoms with E-state index >= 15 is 0 Å². The van der Waals surface area contributed by atoms with Gasteiger partial charge in [-0.05, 0) is 6.92 Å². The highest BCUT2D eigenvalue weighted by Gasteiger charge is 2.00. The quantitative estimate of drug-likeness (QED) is 0.635. The minimum atomic E-state index is 0.290. The number of oxazole rings is 1. The molecule has 0 unspecified atom stereocenters. The molecule has 0 N–H and O–H groups in total. The number of hydrogen-bond donors (Lipinski definition) is 0. The fraction of sp³-hybridized carbons (Fsp3) is 0.500. The molecule has 4 heteroatoms. The molecular weight excluding hydrogens is 154 g/mol. The van der Waals surface area contributed by atoms with E-state index in [0.717, 1.165) is 0 Å². The van der Waals surface area contributed by atoms with Crippen molar-refractivity contribution in [3.63, 3.8) is 0 Å². The zero-order chi connectivity index (χ0) is 7.40. The first kappa shape index (κ1) is 7.41. The van der Waals surface area contributed by atoms with E-state index in [1.807, 2.05) is 6.92 Å². The van der Waals surface area contributed by atoms with Crippen molar-refractivity contribution in [2.45, 2.75) is 12.8 Å². The van der Waals surface area contributed by atoms with Crippen molar-refractivity contribution in [2.75, 3.05) is 6.61 Å². The molecule has 0 fully saturated rings. The summed E-state index contributed by atoms with van der Waals surface area (Å²) < 4.78 is 9.83. The van der Waals surface area contributed by atoms with Crippen LogP contribution in [0.4, 0.5) is 0 Å². The molecule has 0 aliphatic heterocycles. The third-order valence-electron chi connectivity index (χ3n) is 0.935. The van der Waals surface area contributed by atoms with Gasteiger partial charge in [-0.2, -0.15) is 4.98 Å². The first-order chi connectivity index (χ1) is 4.86. The van der Waals surface area contributed by atoms with Crippen molar-refractivity contribution >= 4 is 11.6 Å². The molecule has 0 bridgehead atoms. The molecule has 1 rings (SSSR count). The Morgan fingerprint density at radius 2 is 2.60 bits per heavy atom. The van der Waals surface area contributed by atoms with E-state index in [2.05, 4.69) is 4.98 Å². The van der Waals surface area contributed by atoms with Crippen molar-refractivity contribution in [3.05, 3.63) is 12.0 Å². The van der Waals surface area contributed by atoms with Gasteiger partial charge in [0.2, 0.25) is 0 Å². The van der Waals surface area contributed by atoms with Gasteiger partial charge in [0.05, 0.1) is 18.2 Å². The van der Waals surface area contributed by atoms with Crippen LogP contribution in [0, 0.1) is 0 Å². The molecule has 1 aromatic heterocycles. The van der Waals surface area contributed by atoms with E-state index in [-0.39, 0.29) is 6.08 Å². The van der Waals surface area contributed by atoms with E-state index in [1.54, 1.807) is 0 Å². The van der Waals surface area contributed by atoms with E-state index in [0.29, 0.717) is 18.2 Å². The van der Waals surface area contributed by atoms with Crippen LogP contribution in [-0.4, -0.2) is 11.6 Å². The van der Waals surface area contributed by atoms with Crippen LogP contribution in [0.15, 0.2) is 10.7 Å². The molecule has 0 radical (unpaired) electrons. The second-order valence-corrected chi connectivity index (χ2v) is 1.94. The average molecular weight is 162 g/mol. The van der Waals surface area contributed by atoms with E-state index in [4.69, 9.17) is 20.8 Å². The number of rotatable bonds is 3. The summed E-state index contributed by atoms with van der Waals surface area (Å²) in [6.45, 7) is 2.42. The summed E-state index contributed by atoms with van der Waals surface area (Å²) in [6.07, 6.45) is 1.77. The molecule has 0 aliphatic rings. The van der Waals surface area contributed by atoms with Crippen LogP contribution in [0.25, 0.3) is 0 Å². The summed E-state index contributed by atoms with van der Waals surface area (Å²) in [5.41, 5.74) is 0.699. The lowest BCUT2D eigenvalue weighted by atomic mass is 10.6. The average Bonchev–Trinajstić information content (AvgIpc) is 2.37. The van der Waals surface area contributed by atoms with Gasteiger partial charge in [0, 0.05) is 0 Å². The highest BCUT2D eigenvalue weighted by atomic mass is 35.5. The molecule has 10 heavy (non-hydrogen) atoms. The Morgan fingerprint density at radius 3 is 3.10 bits per heavy atom. The molecule has 0 saturated carbocycles. The van der Waals surface area contributed by atoms with Gasteiger partial charge in [-0.25, -0.2) is 0 Å². The molecule has 0 spiro atoms. The van der Waals surface area contributed by atoms with Crippen LogP contribution in [0.3, 0.4) is 0 Å². The number of aromatic nitrogens is 1. The fourth-order valence-electron chi connectivity index (χ4n) is 0.540. The number of alkyl halides is 1. The lowest BCUT2D eigenvalue weighted by Crippen LogP contribution is -1.90. The van der Waals surface area contributed by atoms with Gasteiger partial charge >= 0.3 is 6.08 Å². The van der Waals surface area contributed by atoms with Crippen LogP contribution in [-0.2, 0) is 5.88 Å². The number of nitrogens with zero attached hydrogens (tertiary/aromatic N) is 1. The van der Waals surface area contributed by atoms with Crippen LogP contribution in [0.5, 0.6) is 6.08 Å². The number of halogens is 1. The number of ether oxygens (including phenoxy) is 1. The zero-order valence-electron chi connectivity index (χ0n) is 5.63. The lowest BCUT2D eigenvalue weighted by molar-refractivity contribution is 0.244. The maximum absolute atomic E-state index is 5.46. The SMILES string of the molecule is CCOc1nc(CCl)co1. The summed E-state index contributed by atoms with van der Waals surface area (Å²) in [4.78, 5) is 3.90. The van der Waals surface area contributed by atoms with Gasteiger partial charge in [-0.15, -0.1) is 11.6 Å². The summed E-state index contributed by atoms with van der Waals surface area (Å²) >= 11 is 5.46. The second-order valence-electron chi connectivity index (χ2n) is 1.67. The lowest BCUT2D eigenvalue weighted by Gasteiger charge is -1.91. The highest BCUT2D eigenvalue weighted by Crippen LogP contribution is 2.10. The predicted octanol–water partition coefficient (Wildman–Crippen LogP) is 1.81. The maximum Gasteiger partial charge on any atom is 0.393 e. The standard InChI is InChI=1S/C6H8ClNO2/c1-2-9-6-8-5(3-7)4-10-6/h4H,2-3H2,1H3. The predicted molar refractivity (Wildman–Crippen MR) is 37.2 cm³/mol.